The molecule has 1 N–H and O–H groups in total. The molecule has 1 saturated heterocycles. The predicted octanol–water partition coefficient (Wildman–Crippen LogP) is 2.03. The number of hydrogen-bond donors (Lipinski definition) is 1. The van der Waals surface area contributed by atoms with Gasteiger partial charge in [0.25, 0.3) is 0 Å². The Morgan fingerprint density at radius 3 is 2.62 bits per heavy atom. The van der Waals surface area contributed by atoms with Gasteiger partial charge in [0, 0.05) is 37.4 Å². The summed E-state index contributed by atoms with van der Waals surface area (Å²) in [5.74, 6) is 1.83. The van der Waals surface area contributed by atoms with Gasteiger partial charge in [-0.3, -0.25) is 0 Å². The minimum Gasteiger partial charge on any atom is -0.355 e. The van der Waals surface area contributed by atoms with Crippen LogP contribution in [0.3, 0.4) is 0 Å². The zero-order valence-corrected chi connectivity index (χ0v) is 13.8. The lowest BCUT2D eigenvalue weighted by Crippen LogP contribution is -2.34. The largest absolute Gasteiger partial charge is 0.355 e. The van der Waals surface area contributed by atoms with Crippen LogP contribution in [-0.2, 0) is 6.54 Å². The number of aryl methyl sites for hydroxylation is 1. The second-order valence-electron chi connectivity index (χ2n) is 6.98. The molecular formula is C17H28N4. The quantitative estimate of drug-likeness (QED) is 0.898. The first kappa shape index (κ1) is 14.8. The summed E-state index contributed by atoms with van der Waals surface area (Å²) in [4.78, 5) is 9.62. The Kier molecular flexibility index (Phi) is 4.18. The lowest BCUT2D eigenvalue weighted by atomic mass is 10.1. The minimum atomic E-state index is 0.628. The van der Waals surface area contributed by atoms with Crippen molar-refractivity contribution in [1.29, 1.82) is 0 Å². The molecule has 21 heavy (non-hydrogen) atoms. The lowest BCUT2D eigenvalue weighted by molar-refractivity contribution is 0.266. The highest BCUT2D eigenvalue weighted by atomic mass is 15.3. The third-order valence-corrected chi connectivity index (χ3v) is 4.90. The van der Waals surface area contributed by atoms with Crippen LogP contribution in [0, 0.1) is 12.8 Å². The molecule has 0 bridgehead atoms. The van der Waals surface area contributed by atoms with Crippen molar-refractivity contribution in [3.8, 4) is 0 Å². The first-order valence-electron chi connectivity index (χ1n) is 8.16. The highest BCUT2D eigenvalue weighted by Crippen LogP contribution is 2.26. The van der Waals surface area contributed by atoms with Crippen LogP contribution in [0.4, 0.5) is 5.82 Å². The molecule has 2 heterocycles. The zero-order valence-electron chi connectivity index (χ0n) is 13.8. The van der Waals surface area contributed by atoms with Crippen LogP contribution in [0.2, 0.25) is 0 Å². The number of pyridine rings is 1. The average Bonchev–Trinajstić information content (AvgIpc) is 3.18. The molecule has 2 fully saturated rings. The minimum absolute atomic E-state index is 0.628. The Balaban J connectivity index is 1.67. The molecule has 4 heteroatoms. The summed E-state index contributed by atoms with van der Waals surface area (Å²) in [7, 11) is 4.35. The van der Waals surface area contributed by atoms with Crippen molar-refractivity contribution in [2.75, 3.05) is 32.1 Å². The maximum atomic E-state index is 4.85. The number of anilines is 1. The highest BCUT2D eigenvalue weighted by Gasteiger charge is 2.31. The molecule has 2 unspecified atom stereocenters. The van der Waals surface area contributed by atoms with Gasteiger partial charge in [-0.25, -0.2) is 4.98 Å². The predicted molar refractivity (Wildman–Crippen MR) is 87.7 cm³/mol. The summed E-state index contributed by atoms with van der Waals surface area (Å²) >= 11 is 0. The molecule has 0 amide bonds. The molecule has 1 aliphatic heterocycles. The van der Waals surface area contributed by atoms with Gasteiger partial charge in [0.15, 0.2) is 0 Å². The van der Waals surface area contributed by atoms with Gasteiger partial charge in [-0.05, 0) is 51.4 Å². The summed E-state index contributed by atoms with van der Waals surface area (Å²) in [6.07, 6.45) is 2.67. The third-order valence-electron chi connectivity index (χ3n) is 4.90. The highest BCUT2D eigenvalue weighted by molar-refractivity contribution is 5.43. The van der Waals surface area contributed by atoms with Crippen LogP contribution in [0.25, 0.3) is 0 Å². The molecule has 1 saturated carbocycles. The van der Waals surface area contributed by atoms with Crippen LogP contribution < -0.4 is 10.2 Å². The van der Waals surface area contributed by atoms with Crippen molar-refractivity contribution in [1.82, 2.24) is 15.2 Å². The van der Waals surface area contributed by atoms with E-state index in [1.165, 1.54) is 24.1 Å². The molecule has 2 aliphatic rings. The van der Waals surface area contributed by atoms with E-state index in [9.17, 15) is 0 Å². The van der Waals surface area contributed by atoms with Gasteiger partial charge in [0.05, 0.1) is 0 Å². The molecule has 3 rings (SSSR count). The van der Waals surface area contributed by atoms with E-state index in [4.69, 9.17) is 4.98 Å². The summed E-state index contributed by atoms with van der Waals surface area (Å²) in [5, 5.41) is 3.57. The summed E-state index contributed by atoms with van der Waals surface area (Å²) in [6, 6.07) is 5.83. The van der Waals surface area contributed by atoms with E-state index in [1.807, 2.05) is 0 Å². The maximum absolute atomic E-state index is 4.85. The first-order chi connectivity index (χ1) is 10.0. The van der Waals surface area contributed by atoms with E-state index in [2.05, 4.69) is 55.2 Å². The Bertz CT molecular complexity index is 496. The summed E-state index contributed by atoms with van der Waals surface area (Å²) in [6.45, 7) is 7.62. The average molecular weight is 288 g/mol. The number of aromatic nitrogens is 1. The number of nitrogens with zero attached hydrogens (tertiary/aromatic N) is 3. The van der Waals surface area contributed by atoms with E-state index in [0.29, 0.717) is 12.0 Å². The number of nitrogens with one attached hydrogen (secondary N) is 1. The fraction of sp³-hybridized carbons (Fsp3) is 0.706. The molecule has 1 aromatic heterocycles. The van der Waals surface area contributed by atoms with Crippen LogP contribution in [0.15, 0.2) is 12.1 Å². The SMILES string of the molecule is Cc1nc(N2CC(C)C(N(C)C)C2)ccc1CNC1CC1. The fourth-order valence-corrected chi connectivity index (χ4v) is 3.29. The maximum Gasteiger partial charge on any atom is 0.128 e. The Labute approximate surface area is 128 Å². The number of hydrogen-bond acceptors (Lipinski definition) is 4. The molecular weight excluding hydrogens is 260 g/mol. The molecule has 1 aromatic rings. The van der Waals surface area contributed by atoms with Crippen molar-refractivity contribution >= 4 is 5.82 Å². The van der Waals surface area contributed by atoms with Crippen LogP contribution in [-0.4, -0.2) is 49.2 Å². The second kappa shape index (κ2) is 5.93. The smallest absolute Gasteiger partial charge is 0.128 e. The van der Waals surface area contributed by atoms with Crippen molar-refractivity contribution in [3.63, 3.8) is 0 Å². The molecule has 1 aliphatic carbocycles. The summed E-state index contributed by atoms with van der Waals surface area (Å²) < 4.78 is 0. The van der Waals surface area contributed by atoms with Gasteiger partial charge in [-0.15, -0.1) is 0 Å². The molecule has 4 nitrogen and oxygen atoms in total. The van der Waals surface area contributed by atoms with Crippen molar-refractivity contribution in [2.24, 2.45) is 5.92 Å². The Morgan fingerprint density at radius 2 is 2.05 bits per heavy atom. The zero-order chi connectivity index (χ0) is 15.0. The van der Waals surface area contributed by atoms with E-state index in [1.54, 1.807) is 0 Å². The van der Waals surface area contributed by atoms with Crippen molar-refractivity contribution < 1.29 is 0 Å². The van der Waals surface area contributed by atoms with Gasteiger partial charge in [-0.1, -0.05) is 13.0 Å². The summed E-state index contributed by atoms with van der Waals surface area (Å²) in [5.41, 5.74) is 2.50. The Morgan fingerprint density at radius 1 is 1.29 bits per heavy atom. The molecule has 0 radical (unpaired) electrons. The third kappa shape index (κ3) is 3.38. The molecule has 116 valence electrons. The van der Waals surface area contributed by atoms with Crippen LogP contribution in [0.1, 0.15) is 31.0 Å². The standard InChI is InChI=1S/C17H28N4/c1-12-10-21(11-16(12)20(3)4)17-8-5-14(13(2)19-17)9-18-15-6-7-15/h5,8,12,15-16,18H,6-7,9-11H2,1-4H3. The van der Waals surface area contributed by atoms with Crippen molar-refractivity contribution in [3.05, 3.63) is 23.4 Å². The van der Waals surface area contributed by atoms with Gasteiger partial charge < -0.3 is 15.1 Å². The first-order valence-corrected chi connectivity index (χ1v) is 8.16. The van der Waals surface area contributed by atoms with Crippen LogP contribution >= 0.6 is 0 Å². The van der Waals surface area contributed by atoms with Gasteiger partial charge in [0.2, 0.25) is 0 Å². The van der Waals surface area contributed by atoms with Crippen molar-refractivity contribution in [2.45, 2.75) is 45.3 Å². The van der Waals surface area contributed by atoms with Gasteiger partial charge >= 0.3 is 0 Å². The number of rotatable bonds is 5. The lowest BCUT2D eigenvalue weighted by Gasteiger charge is -2.23. The topological polar surface area (TPSA) is 31.4 Å². The molecule has 0 spiro atoms. The monoisotopic (exact) mass is 288 g/mol. The van der Waals surface area contributed by atoms with E-state index in [-0.39, 0.29) is 0 Å². The second-order valence-corrected chi connectivity index (χ2v) is 6.98. The number of likely N-dealkylation sites (N-methyl/N-ethyl adjacent to an activating group) is 1. The van der Waals surface area contributed by atoms with Gasteiger partial charge in [0.1, 0.15) is 5.82 Å². The van der Waals surface area contributed by atoms with Crippen LogP contribution in [0.5, 0.6) is 0 Å². The molecule has 2 atom stereocenters. The normalized spacial score (nSPS) is 25.9. The van der Waals surface area contributed by atoms with E-state index < -0.39 is 0 Å². The Hall–Kier alpha value is -1.13. The van der Waals surface area contributed by atoms with E-state index >= 15 is 0 Å². The van der Waals surface area contributed by atoms with E-state index in [0.717, 1.165) is 31.5 Å². The van der Waals surface area contributed by atoms with Gasteiger partial charge in [-0.2, -0.15) is 0 Å². The molecule has 0 aromatic carbocycles. The fourth-order valence-electron chi connectivity index (χ4n) is 3.29.